The Labute approximate surface area is 128 Å². The molecule has 0 fully saturated rings. The zero-order valence-electron chi connectivity index (χ0n) is 12.1. The van der Waals surface area contributed by atoms with Gasteiger partial charge in [0, 0.05) is 13.6 Å². The van der Waals surface area contributed by atoms with Crippen LogP contribution in [0.2, 0.25) is 5.02 Å². The summed E-state index contributed by atoms with van der Waals surface area (Å²) in [4.78, 5) is 13.8. The predicted octanol–water partition coefficient (Wildman–Crippen LogP) is 2.35. The summed E-state index contributed by atoms with van der Waals surface area (Å²) in [5.74, 6) is 0.133. The number of methoxy groups -OCH3 is 1. The zero-order chi connectivity index (χ0) is 15.6. The fourth-order valence-electron chi connectivity index (χ4n) is 1.94. The molecule has 0 aliphatic carbocycles. The molecule has 0 aliphatic heterocycles. The van der Waals surface area contributed by atoms with E-state index in [1.54, 1.807) is 12.1 Å². The third kappa shape index (κ3) is 2.67. The molecule has 1 aromatic carbocycles. The number of benzene rings is 1. The summed E-state index contributed by atoms with van der Waals surface area (Å²) >= 11 is 6.17. The van der Waals surface area contributed by atoms with Gasteiger partial charge >= 0.3 is 5.97 Å². The number of hydrogen-bond acceptors (Lipinski definition) is 5. The standard InChI is InChI=1S/C14H17ClN4O2/c1-4-18(2)13-11(14(20)21-3)12(16)19(17-13)10-8-6-5-7-9(10)15/h5-8H,4,16H2,1-3H3. The summed E-state index contributed by atoms with van der Waals surface area (Å²) in [6.45, 7) is 2.62. The van der Waals surface area contributed by atoms with Crippen molar-refractivity contribution in [3.63, 3.8) is 0 Å². The van der Waals surface area contributed by atoms with E-state index in [9.17, 15) is 4.79 Å². The minimum Gasteiger partial charge on any atom is -0.465 e. The molecule has 0 aliphatic rings. The molecular weight excluding hydrogens is 292 g/mol. The van der Waals surface area contributed by atoms with E-state index in [1.807, 2.05) is 31.0 Å². The average molecular weight is 309 g/mol. The quantitative estimate of drug-likeness (QED) is 0.878. The van der Waals surface area contributed by atoms with Crippen LogP contribution in [0, 0.1) is 0 Å². The van der Waals surface area contributed by atoms with E-state index in [0.717, 1.165) is 0 Å². The summed E-state index contributed by atoms with van der Waals surface area (Å²) in [6, 6.07) is 7.15. The molecule has 2 N–H and O–H groups in total. The molecule has 2 rings (SSSR count). The summed E-state index contributed by atoms with van der Waals surface area (Å²) in [7, 11) is 3.13. The Kier molecular flexibility index (Phi) is 4.37. The average Bonchev–Trinajstić information content (AvgIpc) is 2.83. The third-order valence-corrected chi connectivity index (χ3v) is 3.53. The van der Waals surface area contributed by atoms with Crippen molar-refractivity contribution in [2.75, 3.05) is 31.3 Å². The number of nitrogens with two attached hydrogens (primary N) is 1. The largest absolute Gasteiger partial charge is 0.465 e. The first-order valence-electron chi connectivity index (χ1n) is 6.44. The van der Waals surface area contributed by atoms with Gasteiger partial charge < -0.3 is 15.4 Å². The Morgan fingerprint density at radius 3 is 2.71 bits per heavy atom. The van der Waals surface area contributed by atoms with Crippen LogP contribution < -0.4 is 10.6 Å². The number of halogens is 1. The Bertz CT molecular complexity index is 669. The van der Waals surface area contributed by atoms with Crippen molar-refractivity contribution in [2.45, 2.75) is 6.92 Å². The number of carbonyl (C=O) groups excluding carboxylic acids is 1. The minimum atomic E-state index is -0.527. The highest BCUT2D eigenvalue weighted by Crippen LogP contribution is 2.30. The molecule has 0 amide bonds. The van der Waals surface area contributed by atoms with Gasteiger partial charge in [-0.2, -0.15) is 0 Å². The minimum absolute atomic E-state index is 0.199. The first-order valence-corrected chi connectivity index (χ1v) is 6.81. The van der Waals surface area contributed by atoms with Gasteiger partial charge in [0.25, 0.3) is 0 Å². The zero-order valence-corrected chi connectivity index (χ0v) is 12.9. The molecule has 0 atom stereocenters. The van der Waals surface area contributed by atoms with Crippen molar-refractivity contribution in [3.05, 3.63) is 34.9 Å². The van der Waals surface area contributed by atoms with Crippen LogP contribution in [-0.2, 0) is 4.74 Å². The molecule has 112 valence electrons. The number of para-hydroxylation sites is 1. The summed E-state index contributed by atoms with van der Waals surface area (Å²) in [5, 5.41) is 4.91. The van der Waals surface area contributed by atoms with E-state index in [2.05, 4.69) is 5.10 Å². The number of nitrogen functional groups attached to an aromatic ring is 1. The molecule has 0 saturated carbocycles. The molecule has 0 spiro atoms. The van der Waals surface area contributed by atoms with Crippen LogP contribution in [0.3, 0.4) is 0 Å². The van der Waals surface area contributed by atoms with Gasteiger partial charge in [0.05, 0.1) is 17.8 Å². The number of ether oxygens (including phenoxy) is 1. The fraction of sp³-hybridized carbons (Fsp3) is 0.286. The Morgan fingerprint density at radius 2 is 2.14 bits per heavy atom. The van der Waals surface area contributed by atoms with E-state index >= 15 is 0 Å². The SMILES string of the molecule is CCN(C)c1nn(-c2ccccc2Cl)c(N)c1C(=O)OC. The van der Waals surface area contributed by atoms with E-state index in [0.29, 0.717) is 23.1 Å². The smallest absolute Gasteiger partial charge is 0.345 e. The van der Waals surface area contributed by atoms with E-state index in [4.69, 9.17) is 22.1 Å². The van der Waals surface area contributed by atoms with Crippen LogP contribution in [-0.4, -0.2) is 36.5 Å². The third-order valence-electron chi connectivity index (χ3n) is 3.21. The van der Waals surface area contributed by atoms with Gasteiger partial charge in [-0.05, 0) is 19.1 Å². The van der Waals surface area contributed by atoms with E-state index < -0.39 is 5.97 Å². The molecule has 0 saturated heterocycles. The first kappa shape index (κ1) is 15.2. The number of nitrogens with zero attached hydrogens (tertiary/aromatic N) is 3. The molecule has 21 heavy (non-hydrogen) atoms. The molecule has 6 nitrogen and oxygen atoms in total. The van der Waals surface area contributed by atoms with Crippen molar-refractivity contribution in [1.82, 2.24) is 9.78 Å². The number of rotatable bonds is 4. The van der Waals surface area contributed by atoms with Gasteiger partial charge in [-0.25, -0.2) is 9.48 Å². The van der Waals surface area contributed by atoms with Crippen molar-refractivity contribution >= 4 is 29.2 Å². The molecule has 1 heterocycles. The van der Waals surface area contributed by atoms with E-state index in [-0.39, 0.29) is 11.4 Å². The second-order valence-corrected chi connectivity index (χ2v) is 4.86. The Hall–Kier alpha value is -2.21. The second-order valence-electron chi connectivity index (χ2n) is 4.45. The summed E-state index contributed by atoms with van der Waals surface area (Å²) < 4.78 is 6.25. The van der Waals surface area contributed by atoms with E-state index in [1.165, 1.54) is 11.8 Å². The predicted molar refractivity (Wildman–Crippen MR) is 83.3 cm³/mol. The van der Waals surface area contributed by atoms with Crippen molar-refractivity contribution < 1.29 is 9.53 Å². The van der Waals surface area contributed by atoms with Gasteiger partial charge in [0.15, 0.2) is 5.82 Å². The van der Waals surface area contributed by atoms with Crippen LogP contribution in [0.4, 0.5) is 11.6 Å². The molecule has 2 aromatic rings. The lowest BCUT2D eigenvalue weighted by molar-refractivity contribution is 0.0602. The fourth-order valence-corrected chi connectivity index (χ4v) is 2.16. The van der Waals surface area contributed by atoms with Crippen LogP contribution in [0.1, 0.15) is 17.3 Å². The van der Waals surface area contributed by atoms with Crippen LogP contribution in [0.15, 0.2) is 24.3 Å². The number of hydrogen-bond donors (Lipinski definition) is 1. The summed E-state index contributed by atoms with van der Waals surface area (Å²) in [5.41, 5.74) is 6.93. The highest BCUT2D eigenvalue weighted by Gasteiger charge is 2.26. The Morgan fingerprint density at radius 1 is 1.48 bits per heavy atom. The van der Waals surface area contributed by atoms with Crippen molar-refractivity contribution in [3.8, 4) is 5.69 Å². The molecule has 0 unspecified atom stereocenters. The lowest BCUT2D eigenvalue weighted by Gasteiger charge is -2.14. The van der Waals surface area contributed by atoms with Gasteiger partial charge in [-0.1, -0.05) is 23.7 Å². The van der Waals surface area contributed by atoms with Crippen molar-refractivity contribution in [1.29, 1.82) is 0 Å². The topological polar surface area (TPSA) is 73.4 Å². The molecule has 0 radical (unpaired) electrons. The highest BCUT2D eigenvalue weighted by molar-refractivity contribution is 6.32. The lowest BCUT2D eigenvalue weighted by Crippen LogP contribution is -2.19. The maximum absolute atomic E-state index is 12.0. The van der Waals surface area contributed by atoms with Gasteiger partial charge in [-0.3, -0.25) is 0 Å². The number of anilines is 2. The molecule has 0 bridgehead atoms. The number of carbonyl (C=O) groups is 1. The first-order chi connectivity index (χ1) is 10.0. The van der Waals surface area contributed by atoms with Crippen molar-refractivity contribution in [2.24, 2.45) is 0 Å². The lowest BCUT2D eigenvalue weighted by atomic mass is 10.2. The van der Waals surface area contributed by atoms with Crippen LogP contribution in [0.25, 0.3) is 5.69 Å². The van der Waals surface area contributed by atoms with Crippen LogP contribution in [0.5, 0.6) is 0 Å². The Balaban J connectivity index is 2.67. The second kappa shape index (κ2) is 6.05. The van der Waals surface area contributed by atoms with Gasteiger partial charge in [0.2, 0.25) is 0 Å². The number of aromatic nitrogens is 2. The molecular formula is C14H17ClN4O2. The number of esters is 1. The van der Waals surface area contributed by atoms with Crippen LogP contribution >= 0.6 is 11.6 Å². The molecule has 7 heteroatoms. The molecule has 1 aromatic heterocycles. The highest BCUT2D eigenvalue weighted by atomic mass is 35.5. The normalized spacial score (nSPS) is 10.5. The van der Waals surface area contributed by atoms with Gasteiger partial charge in [0.1, 0.15) is 11.4 Å². The maximum atomic E-state index is 12.0. The van der Waals surface area contributed by atoms with Gasteiger partial charge in [-0.15, -0.1) is 5.10 Å². The monoisotopic (exact) mass is 308 g/mol. The summed E-state index contributed by atoms with van der Waals surface area (Å²) in [6.07, 6.45) is 0. The maximum Gasteiger partial charge on any atom is 0.345 e.